The van der Waals surface area contributed by atoms with Gasteiger partial charge in [-0.15, -0.1) is 6.58 Å². The second-order valence-corrected chi connectivity index (χ2v) is 6.56. The van der Waals surface area contributed by atoms with E-state index in [1.165, 1.54) is 12.1 Å². The molecule has 23 heavy (non-hydrogen) atoms. The number of esters is 1. The zero-order valence-corrected chi connectivity index (χ0v) is 15.0. The molecule has 4 nitrogen and oxygen atoms in total. The molecule has 0 aliphatic carbocycles. The van der Waals surface area contributed by atoms with E-state index >= 15 is 0 Å². The Morgan fingerprint density at radius 3 is 2.96 bits per heavy atom. The SMILES string of the molecule is C=CCCN1C=C(C(=O)OCC)C(c2ccc(Cl)cc2Cl)NS1. The van der Waals surface area contributed by atoms with E-state index in [-0.39, 0.29) is 12.0 Å². The molecule has 0 aromatic heterocycles. The van der Waals surface area contributed by atoms with Crippen LogP contribution in [0.1, 0.15) is 24.9 Å². The van der Waals surface area contributed by atoms with Gasteiger partial charge in [-0.2, -0.15) is 0 Å². The van der Waals surface area contributed by atoms with Gasteiger partial charge in [0.05, 0.1) is 18.2 Å². The van der Waals surface area contributed by atoms with Crippen LogP contribution >= 0.6 is 35.3 Å². The van der Waals surface area contributed by atoms with Crippen molar-refractivity contribution >= 4 is 41.3 Å². The van der Waals surface area contributed by atoms with Crippen molar-refractivity contribution in [1.82, 2.24) is 9.03 Å². The smallest absolute Gasteiger partial charge is 0.337 e. The minimum Gasteiger partial charge on any atom is -0.463 e. The minimum absolute atomic E-state index is 0.317. The minimum atomic E-state index is -0.361. The van der Waals surface area contributed by atoms with Gasteiger partial charge in [0.2, 0.25) is 0 Å². The number of carbonyl (C=O) groups excluding carboxylic acids is 1. The summed E-state index contributed by atoms with van der Waals surface area (Å²) < 4.78 is 10.4. The topological polar surface area (TPSA) is 41.6 Å². The maximum absolute atomic E-state index is 12.3. The Morgan fingerprint density at radius 1 is 1.52 bits per heavy atom. The third kappa shape index (κ3) is 4.67. The predicted molar refractivity (Wildman–Crippen MR) is 96.2 cm³/mol. The summed E-state index contributed by atoms with van der Waals surface area (Å²) in [5.41, 5.74) is 1.30. The monoisotopic (exact) mass is 372 g/mol. The fourth-order valence-corrected chi connectivity index (χ4v) is 3.50. The number of nitrogens with one attached hydrogen (secondary N) is 1. The first-order valence-corrected chi connectivity index (χ1v) is 8.73. The predicted octanol–water partition coefficient (Wildman–Crippen LogP) is 4.53. The third-order valence-corrected chi connectivity index (χ3v) is 4.65. The van der Waals surface area contributed by atoms with Gasteiger partial charge < -0.3 is 9.04 Å². The van der Waals surface area contributed by atoms with Crippen LogP contribution in [0.25, 0.3) is 0 Å². The van der Waals surface area contributed by atoms with E-state index in [0.717, 1.165) is 18.5 Å². The molecule has 1 atom stereocenters. The molecule has 0 bridgehead atoms. The number of nitrogens with zero attached hydrogens (tertiary/aromatic N) is 1. The molecule has 7 heteroatoms. The fraction of sp³-hybridized carbons (Fsp3) is 0.312. The fourth-order valence-electron chi connectivity index (χ4n) is 2.12. The van der Waals surface area contributed by atoms with Gasteiger partial charge >= 0.3 is 5.97 Å². The van der Waals surface area contributed by atoms with Gasteiger partial charge in [-0.25, -0.2) is 9.52 Å². The van der Waals surface area contributed by atoms with Crippen LogP contribution in [-0.2, 0) is 9.53 Å². The molecule has 1 aliphatic rings. The van der Waals surface area contributed by atoms with Crippen molar-refractivity contribution in [2.24, 2.45) is 0 Å². The van der Waals surface area contributed by atoms with Gasteiger partial charge in [0.1, 0.15) is 0 Å². The van der Waals surface area contributed by atoms with Crippen LogP contribution < -0.4 is 4.72 Å². The molecule has 1 heterocycles. The van der Waals surface area contributed by atoms with Gasteiger partial charge in [0.25, 0.3) is 0 Å². The summed E-state index contributed by atoms with van der Waals surface area (Å²) in [4.78, 5) is 12.3. The molecule has 124 valence electrons. The van der Waals surface area contributed by atoms with Crippen LogP contribution in [0.15, 0.2) is 42.6 Å². The molecule has 1 N–H and O–H groups in total. The second kappa shape index (κ2) is 8.64. The maximum Gasteiger partial charge on any atom is 0.337 e. The summed E-state index contributed by atoms with van der Waals surface area (Å²) >= 11 is 13.7. The Bertz CT molecular complexity index is 622. The van der Waals surface area contributed by atoms with Gasteiger partial charge in [0, 0.05) is 34.9 Å². The molecule has 1 aromatic carbocycles. The van der Waals surface area contributed by atoms with Crippen molar-refractivity contribution in [2.45, 2.75) is 19.4 Å². The van der Waals surface area contributed by atoms with Crippen molar-refractivity contribution in [3.63, 3.8) is 0 Å². The van der Waals surface area contributed by atoms with E-state index < -0.39 is 0 Å². The van der Waals surface area contributed by atoms with Crippen LogP contribution in [0.5, 0.6) is 0 Å². The zero-order valence-electron chi connectivity index (χ0n) is 12.7. The number of hydrogen-bond acceptors (Lipinski definition) is 5. The normalized spacial score (nSPS) is 17.6. The van der Waals surface area contributed by atoms with E-state index in [4.69, 9.17) is 27.9 Å². The Balaban J connectivity index is 2.33. The number of halogens is 2. The first kappa shape index (κ1) is 18.2. The number of rotatable bonds is 6. The highest BCUT2D eigenvalue weighted by Crippen LogP contribution is 2.36. The number of hydrogen-bond donors (Lipinski definition) is 1. The van der Waals surface area contributed by atoms with Crippen molar-refractivity contribution < 1.29 is 9.53 Å². The van der Waals surface area contributed by atoms with E-state index in [2.05, 4.69) is 11.3 Å². The largest absolute Gasteiger partial charge is 0.463 e. The van der Waals surface area contributed by atoms with Crippen molar-refractivity contribution in [3.05, 3.63) is 58.2 Å². The van der Waals surface area contributed by atoms with Crippen molar-refractivity contribution in [3.8, 4) is 0 Å². The average molecular weight is 373 g/mol. The highest BCUT2D eigenvalue weighted by atomic mass is 35.5. The van der Waals surface area contributed by atoms with Crippen LogP contribution in [-0.4, -0.2) is 23.4 Å². The van der Waals surface area contributed by atoms with Gasteiger partial charge in [-0.05, 0) is 31.0 Å². The second-order valence-electron chi connectivity index (χ2n) is 4.83. The molecule has 1 aliphatic heterocycles. The first-order valence-electron chi connectivity index (χ1n) is 7.20. The summed E-state index contributed by atoms with van der Waals surface area (Å²) in [5.74, 6) is -0.361. The third-order valence-electron chi connectivity index (χ3n) is 3.22. The maximum atomic E-state index is 12.3. The zero-order chi connectivity index (χ0) is 16.8. The van der Waals surface area contributed by atoms with Crippen molar-refractivity contribution in [2.75, 3.05) is 13.2 Å². The van der Waals surface area contributed by atoms with E-state index in [1.54, 1.807) is 25.3 Å². The number of carbonyl (C=O) groups is 1. The lowest BCUT2D eigenvalue weighted by atomic mass is 10.00. The Morgan fingerprint density at radius 2 is 2.30 bits per heavy atom. The summed E-state index contributed by atoms with van der Waals surface area (Å²) in [5, 5.41) is 1.06. The molecule has 0 amide bonds. The lowest BCUT2D eigenvalue weighted by Crippen LogP contribution is -2.32. The average Bonchev–Trinajstić information content (AvgIpc) is 2.53. The number of ether oxygens (including phenoxy) is 1. The summed E-state index contributed by atoms with van der Waals surface area (Å²) in [6.07, 6.45) is 4.45. The van der Waals surface area contributed by atoms with Gasteiger partial charge in [0.15, 0.2) is 0 Å². The summed E-state index contributed by atoms with van der Waals surface area (Å²) in [7, 11) is 0. The molecule has 0 spiro atoms. The Kier molecular flexibility index (Phi) is 6.84. The Labute approximate surface area is 150 Å². The highest BCUT2D eigenvalue weighted by molar-refractivity contribution is 7.95. The quantitative estimate of drug-likeness (QED) is 0.451. The van der Waals surface area contributed by atoms with E-state index in [0.29, 0.717) is 22.2 Å². The van der Waals surface area contributed by atoms with Crippen LogP contribution in [0.4, 0.5) is 0 Å². The molecule has 2 rings (SSSR count). The molecular formula is C16H18Cl2N2O2S. The van der Waals surface area contributed by atoms with Gasteiger partial charge in [-0.3, -0.25) is 0 Å². The van der Waals surface area contributed by atoms with Crippen molar-refractivity contribution in [1.29, 1.82) is 0 Å². The lowest BCUT2D eigenvalue weighted by Gasteiger charge is -2.31. The van der Waals surface area contributed by atoms with Gasteiger partial charge in [-0.1, -0.05) is 35.3 Å². The molecule has 1 unspecified atom stereocenters. The van der Waals surface area contributed by atoms with Crippen LogP contribution in [0.3, 0.4) is 0 Å². The van der Waals surface area contributed by atoms with E-state index in [1.807, 2.05) is 16.4 Å². The highest BCUT2D eigenvalue weighted by Gasteiger charge is 2.30. The molecule has 1 aromatic rings. The molecule has 0 fully saturated rings. The molecule has 0 saturated heterocycles. The Hall–Kier alpha value is -1.14. The summed E-state index contributed by atoms with van der Waals surface area (Å²) in [6.45, 7) is 6.55. The van der Waals surface area contributed by atoms with E-state index in [9.17, 15) is 4.79 Å². The lowest BCUT2D eigenvalue weighted by molar-refractivity contribution is -0.139. The standard InChI is InChI=1S/C16H18Cl2N2O2S/c1-3-5-8-20-10-13(16(21)22-4-2)15(19-23-20)12-7-6-11(17)9-14(12)18/h3,6-7,9-10,15,19H,1,4-5,8H2,2H3. The molecule has 0 radical (unpaired) electrons. The molecule has 0 saturated carbocycles. The molecular weight excluding hydrogens is 355 g/mol. The van der Waals surface area contributed by atoms with Crippen LogP contribution in [0.2, 0.25) is 10.0 Å². The number of benzene rings is 1. The van der Waals surface area contributed by atoms with Crippen LogP contribution in [0, 0.1) is 0 Å². The first-order chi connectivity index (χ1) is 11.1. The summed E-state index contributed by atoms with van der Waals surface area (Å²) in [6, 6.07) is 4.87.